The number of nitrogens with zero attached hydrogens (tertiary/aromatic N) is 1. The molecule has 2 rings (SSSR count). The second-order valence-corrected chi connectivity index (χ2v) is 5.36. The lowest BCUT2D eigenvalue weighted by atomic mass is 10.2. The number of nitrogens with one attached hydrogen (secondary N) is 1. The Morgan fingerprint density at radius 3 is 2.82 bits per heavy atom. The van der Waals surface area contributed by atoms with Crippen LogP contribution in [0.25, 0.3) is 10.9 Å². The summed E-state index contributed by atoms with van der Waals surface area (Å²) in [5.41, 5.74) is 1.09. The Balaban J connectivity index is 1.77. The summed E-state index contributed by atoms with van der Waals surface area (Å²) >= 11 is 0. The Labute approximate surface area is 130 Å². The predicted octanol–water partition coefficient (Wildman–Crippen LogP) is 2.49. The van der Waals surface area contributed by atoms with E-state index in [4.69, 9.17) is 4.74 Å². The monoisotopic (exact) mass is 302 g/mol. The largest absolute Gasteiger partial charge is 0.456 e. The molecule has 5 nitrogen and oxygen atoms in total. The van der Waals surface area contributed by atoms with E-state index in [2.05, 4.69) is 5.32 Å². The number of ether oxygens (including phenoxy) is 1. The summed E-state index contributed by atoms with van der Waals surface area (Å²) in [7, 11) is 0. The average molecular weight is 302 g/mol. The minimum absolute atomic E-state index is 0.0949. The van der Waals surface area contributed by atoms with Gasteiger partial charge in [-0.15, -0.1) is 0 Å². The number of aryl methyl sites for hydroxylation is 1. The molecule has 0 aliphatic heterocycles. The maximum atomic E-state index is 11.7. The van der Waals surface area contributed by atoms with Crippen molar-refractivity contribution < 1.29 is 14.3 Å². The topological polar surface area (TPSA) is 60.3 Å². The number of para-hydroxylation sites is 1. The van der Waals surface area contributed by atoms with E-state index in [-0.39, 0.29) is 30.9 Å². The molecule has 0 saturated carbocycles. The maximum Gasteiger partial charge on any atom is 0.308 e. The summed E-state index contributed by atoms with van der Waals surface area (Å²) in [4.78, 5) is 23.2. The fourth-order valence-electron chi connectivity index (χ4n) is 2.18. The third-order valence-corrected chi connectivity index (χ3v) is 3.62. The normalized spacial score (nSPS) is 12.1. The van der Waals surface area contributed by atoms with Gasteiger partial charge >= 0.3 is 5.97 Å². The highest BCUT2D eigenvalue weighted by atomic mass is 16.5. The molecule has 2 aromatic rings. The number of benzene rings is 1. The van der Waals surface area contributed by atoms with E-state index in [1.54, 1.807) is 0 Å². The molecule has 0 saturated heterocycles. The Bertz CT molecular complexity index is 648. The maximum absolute atomic E-state index is 11.7. The first-order valence-electron chi connectivity index (χ1n) is 7.59. The second kappa shape index (κ2) is 7.64. The molecule has 0 bridgehead atoms. The van der Waals surface area contributed by atoms with Gasteiger partial charge in [-0.25, -0.2) is 0 Å². The first-order valence-corrected chi connectivity index (χ1v) is 7.59. The molecule has 0 radical (unpaired) electrons. The molecule has 1 aromatic carbocycles. The molecule has 5 heteroatoms. The Kier molecular flexibility index (Phi) is 5.58. The number of fused-ring (bicyclic) bond motifs is 1. The number of aromatic nitrogens is 1. The van der Waals surface area contributed by atoms with Gasteiger partial charge in [0.05, 0.1) is 6.42 Å². The van der Waals surface area contributed by atoms with E-state index >= 15 is 0 Å². The summed E-state index contributed by atoms with van der Waals surface area (Å²) in [6.07, 6.45) is 3.04. The molecule has 1 heterocycles. The van der Waals surface area contributed by atoms with Crippen LogP contribution >= 0.6 is 0 Å². The lowest BCUT2D eigenvalue weighted by Gasteiger charge is -2.11. The van der Waals surface area contributed by atoms with Gasteiger partial charge in [0, 0.05) is 24.3 Å². The molecule has 0 fully saturated rings. The van der Waals surface area contributed by atoms with Crippen molar-refractivity contribution in [2.24, 2.45) is 0 Å². The second-order valence-electron chi connectivity index (χ2n) is 5.36. The minimum atomic E-state index is -0.364. The smallest absolute Gasteiger partial charge is 0.308 e. The molecule has 1 amide bonds. The van der Waals surface area contributed by atoms with Crippen molar-refractivity contribution in [2.75, 3.05) is 6.61 Å². The molecule has 1 atom stereocenters. The zero-order chi connectivity index (χ0) is 15.9. The first-order chi connectivity index (χ1) is 10.6. The summed E-state index contributed by atoms with van der Waals surface area (Å²) in [5.74, 6) is -0.619. The van der Waals surface area contributed by atoms with Crippen LogP contribution in [-0.2, 0) is 20.9 Å². The van der Waals surface area contributed by atoms with Crippen LogP contribution in [-0.4, -0.2) is 29.1 Å². The van der Waals surface area contributed by atoms with E-state index in [0.29, 0.717) is 6.54 Å². The Morgan fingerprint density at radius 2 is 2.05 bits per heavy atom. The van der Waals surface area contributed by atoms with Crippen LogP contribution < -0.4 is 5.32 Å². The van der Waals surface area contributed by atoms with Crippen LogP contribution in [0.1, 0.15) is 26.7 Å². The average Bonchev–Trinajstić information content (AvgIpc) is 2.94. The van der Waals surface area contributed by atoms with Gasteiger partial charge < -0.3 is 14.6 Å². The molecule has 0 spiro atoms. The van der Waals surface area contributed by atoms with Gasteiger partial charge in [-0.1, -0.05) is 25.1 Å². The lowest BCUT2D eigenvalue weighted by molar-refractivity contribution is -0.148. The first kappa shape index (κ1) is 16.1. The fourth-order valence-corrected chi connectivity index (χ4v) is 2.18. The number of carbonyl (C=O) groups is 2. The Hall–Kier alpha value is -2.30. The number of amides is 1. The molecular formula is C17H22N2O3. The van der Waals surface area contributed by atoms with Crippen LogP contribution in [0, 0.1) is 0 Å². The summed E-state index contributed by atoms with van der Waals surface area (Å²) in [5, 5.41) is 3.90. The van der Waals surface area contributed by atoms with Gasteiger partial charge in [0.25, 0.3) is 5.91 Å². The Morgan fingerprint density at radius 1 is 1.27 bits per heavy atom. The number of carbonyl (C=O) groups excluding carboxylic acids is 2. The van der Waals surface area contributed by atoms with Crippen LogP contribution in [0.15, 0.2) is 36.5 Å². The van der Waals surface area contributed by atoms with Gasteiger partial charge in [-0.3, -0.25) is 9.59 Å². The number of esters is 1. The van der Waals surface area contributed by atoms with Gasteiger partial charge in [0.1, 0.15) is 0 Å². The summed E-state index contributed by atoms with van der Waals surface area (Å²) in [6, 6.07) is 10.1. The van der Waals surface area contributed by atoms with Crippen molar-refractivity contribution in [3.63, 3.8) is 0 Å². The van der Waals surface area contributed by atoms with Gasteiger partial charge in [0.15, 0.2) is 6.61 Å². The SMILES string of the molecule is CC[C@H](C)NC(=O)COC(=O)CCn1ccc2ccccc21. The van der Waals surface area contributed by atoms with Gasteiger partial charge in [-0.2, -0.15) is 0 Å². The van der Waals surface area contributed by atoms with E-state index in [1.165, 1.54) is 0 Å². The predicted molar refractivity (Wildman–Crippen MR) is 85.4 cm³/mol. The minimum Gasteiger partial charge on any atom is -0.456 e. The third kappa shape index (κ3) is 4.35. The lowest BCUT2D eigenvalue weighted by Crippen LogP contribution is -2.35. The zero-order valence-corrected chi connectivity index (χ0v) is 13.0. The van der Waals surface area contributed by atoms with Crippen molar-refractivity contribution in [1.29, 1.82) is 0 Å². The van der Waals surface area contributed by atoms with Crippen molar-refractivity contribution >= 4 is 22.8 Å². The molecule has 0 aliphatic rings. The standard InChI is InChI=1S/C17H22N2O3/c1-3-13(2)18-16(20)12-22-17(21)9-11-19-10-8-14-6-4-5-7-15(14)19/h4-8,10,13H,3,9,11-12H2,1-2H3,(H,18,20)/t13-/m0/s1. The van der Waals surface area contributed by atoms with E-state index in [0.717, 1.165) is 17.3 Å². The van der Waals surface area contributed by atoms with E-state index in [9.17, 15) is 9.59 Å². The summed E-state index contributed by atoms with van der Waals surface area (Å²) < 4.78 is 7.00. The molecule has 22 heavy (non-hydrogen) atoms. The fraction of sp³-hybridized carbons (Fsp3) is 0.412. The van der Waals surface area contributed by atoms with Crippen LogP contribution in [0.5, 0.6) is 0 Å². The summed E-state index contributed by atoms with van der Waals surface area (Å²) in [6.45, 7) is 4.23. The number of rotatable bonds is 7. The molecule has 1 aromatic heterocycles. The van der Waals surface area contributed by atoms with Crippen molar-refractivity contribution in [1.82, 2.24) is 9.88 Å². The molecule has 0 unspecified atom stereocenters. The highest BCUT2D eigenvalue weighted by molar-refractivity contribution is 5.81. The highest BCUT2D eigenvalue weighted by Gasteiger charge is 2.10. The molecule has 0 aliphatic carbocycles. The molecule has 1 N–H and O–H groups in total. The molecular weight excluding hydrogens is 280 g/mol. The quantitative estimate of drug-likeness (QED) is 0.799. The van der Waals surface area contributed by atoms with Crippen LogP contribution in [0.2, 0.25) is 0 Å². The molecule has 118 valence electrons. The van der Waals surface area contributed by atoms with Crippen molar-refractivity contribution in [3.05, 3.63) is 36.5 Å². The van der Waals surface area contributed by atoms with Gasteiger partial charge in [-0.05, 0) is 30.9 Å². The third-order valence-electron chi connectivity index (χ3n) is 3.62. The van der Waals surface area contributed by atoms with Crippen molar-refractivity contribution in [2.45, 2.75) is 39.3 Å². The number of hydrogen-bond donors (Lipinski definition) is 1. The van der Waals surface area contributed by atoms with Crippen LogP contribution in [0.4, 0.5) is 0 Å². The van der Waals surface area contributed by atoms with Gasteiger partial charge in [0.2, 0.25) is 0 Å². The zero-order valence-electron chi connectivity index (χ0n) is 13.0. The van der Waals surface area contributed by atoms with E-state index in [1.807, 2.05) is 54.9 Å². The van der Waals surface area contributed by atoms with Crippen molar-refractivity contribution in [3.8, 4) is 0 Å². The van der Waals surface area contributed by atoms with E-state index < -0.39 is 0 Å². The van der Waals surface area contributed by atoms with Crippen LogP contribution in [0.3, 0.4) is 0 Å². The highest BCUT2D eigenvalue weighted by Crippen LogP contribution is 2.15. The number of hydrogen-bond acceptors (Lipinski definition) is 3.